The minimum atomic E-state index is -0.694. The van der Waals surface area contributed by atoms with E-state index in [4.69, 9.17) is 31.5 Å². The molecule has 0 spiro atoms. The Hall–Kier alpha value is -3.66. The molecule has 2 rings (SSSR count). The van der Waals surface area contributed by atoms with E-state index < -0.39 is 24.3 Å². The summed E-state index contributed by atoms with van der Waals surface area (Å²) < 4.78 is 15.4. The first kappa shape index (κ1) is 22.6. The number of hydrogen-bond donors (Lipinski definition) is 4. The highest BCUT2D eigenvalue weighted by Gasteiger charge is 2.17. The number of nitrogens with two attached hydrogens (primary N) is 1. The maximum atomic E-state index is 12.3. The molecule has 0 unspecified atom stereocenters. The van der Waals surface area contributed by atoms with Crippen molar-refractivity contribution in [2.24, 2.45) is 5.73 Å². The van der Waals surface area contributed by atoms with Crippen molar-refractivity contribution in [3.8, 4) is 17.2 Å². The maximum absolute atomic E-state index is 12.3. The smallest absolute Gasteiger partial charge is 0.269 e. The van der Waals surface area contributed by atoms with Gasteiger partial charge in [0, 0.05) is 11.3 Å². The number of nitrogens with one attached hydrogen (secondary N) is 3. The predicted molar refractivity (Wildman–Crippen MR) is 110 cm³/mol. The van der Waals surface area contributed by atoms with Crippen LogP contribution in [-0.2, 0) is 9.59 Å². The van der Waals surface area contributed by atoms with E-state index in [0.29, 0.717) is 11.4 Å². The zero-order chi connectivity index (χ0) is 22.1. The molecule has 2 aromatic rings. The third-order valence-electron chi connectivity index (χ3n) is 3.71. The van der Waals surface area contributed by atoms with Gasteiger partial charge in [0.25, 0.3) is 17.7 Å². The molecule has 0 saturated heterocycles. The number of amides is 3. The average molecular weight is 437 g/mol. The highest BCUT2D eigenvalue weighted by atomic mass is 35.5. The number of hydrazine groups is 1. The Morgan fingerprint density at radius 2 is 1.73 bits per heavy atom. The van der Waals surface area contributed by atoms with E-state index >= 15 is 0 Å². The van der Waals surface area contributed by atoms with Gasteiger partial charge in [0.05, 0.1) is 25.8 Å². The lowest BCUT2D eigenvalue weighted by Gasteiger charge is -2.14. The van der Waals surface area contributed by atoms with Crippen molar-refractivity contribution in [1.82, 2.24) is 10.9 Å². The Balaban J connectivity index is 1.92. The summed E-state index contributed by atoms with van der Waals surface area (Å²) in [6, 6.07) is 9.64. The predicted octanol–water partition coefficient (Wildman–Crippen LogP) is 1.09. The summed E-state index contributed by atoms with van der Waals surface area (Å²) in [4.78, 5) is 35.1. The zero-order valence-electron chi connectivity index (χ0n) is 16.3. The second kappa shape index (κ2) is 10.8. The molecule has 0 aliphatic heterocycles. The van der Waals surface area contributed by atoms with Crippen LogP contribution in [0.25, 0.3) is 0 Å². The van der Waals surface area contributed by atoms with Crippen LogP contribution < -0.4 is 36.1 Å². The maximum Gasteiger partial charge on any atom is 0.269 e. The van der Waals surface area contributed by atoms with Crippen molar-refractivity contribution in [1.29, 1.82) is 0 Å². The third kappa shape index (κ3) is 6.45. The molecule has 0 saturated carbocycles. The van der Waals surface area contributed by atoms with E-state index in [-0.39, 0.29) is 28.6 Å². The molecule has 0 heterocycles. The molecule has 160 valence electrons. The van der Waals surface area contributed by atoms with Crippen LogP contribution in [0.2, 0.25) is 5.02 Å². The standard InChI is InChI=1S/C19H21ClN4O6/c1-28-13-5-3-12(4-6-13)22-9-17(26)23-24-19(27)11-7-14(20)18(15(8-11)29-2)30-10-16(21)25/h3-8,22H,9-10H2,1-2H3,(H2,21,25)(H,23,26)(H,24,27). The summed E-state index contributed by atoms with van der Waals surface area (Å²) in [5, 5.41) is 2.94. The van der Waals surface area contributed by atoms with Crippen molar-refractivity contribution in [3.05, 3.63) is 47.0 Å². The molecule has 0 atom stereocenters. The van der Waals surface area contributed by atoms with E-state index in [1.807, 2.05) is 0 Å². The van der Waals surface area contributed by atoms with Crippen LogP contribution in [-0.4, -0.2) is 45.1 Å². The Kier molecular flexibility index (Phi) is 8.12. The number of halogens is 1. The van der Waals surface area contributed by atoms with Gasteiger partial charge in [-0.2, -0.15) is 0 Å². The van der Waals surface area contributed by atoms with Gasteiger partial charge in [0.15, 0.2) is 18.1 Å². The number of hydrogen-bond acceptors (Lipinski definition) is 7. The molecule has 0 aliphatic rings. The lowest BCUT2D eigenvalue weighted by molar-refractivity contribution is -0.120. The van der Waals surface area contributed by atoms with Crippen LogP contribution in [0, 0.1) is 0 Å². The van der Waals surface area contributed by atoms with E-state index in [9.17, 15) is 14.4 Å². The first-order chi connectivity index (χ1) is 14.3. The molecule has 0 aliphatic carbocycles. The molecule has 30 heavy (non-hydrogen) atoms. The van der Waals surface area contributed by atoms with Crippen LogP contribution >= 0.6 is 11.6 Å². The SMILES string of the molecule is COc1ccc(NCC(=O)NNC(=O)c2cc(Cl)c(OCC(N)=O)c(OC)c2)cc1. The molecule has 11 heteroatoms. The first-order valence-electron chi connectivity index (χ1n) is 8.59. The molecule has 2 aromatic carbocycles. The molecule has 3 amide bonds. The van der Waals surface area contributed by atoms with Gasteiger partial charge >= 0.3 is 0 Å². The van der Waals surface area contributed by atoms with E-state index in [1.165, 1.54) is 19.2 Å². The zero-order valence-corrected chi connectivity index (χ0v) is 17.0. The van der Waals surface area contributed by atoms with Gasteiger partial charge in [0.2, 0.25) is 0 Å². The number of ether oxygens (including phenoxy) is 3. The van der Waals surface area contributed by atoms with Gasteiger partial charge in [-0.25, -0.2) is 0 Å². The quantitative estimate of drug-likeness (QED) is 0.431. The molecule has 0 bridgehead atoms. The first-order valence-corrected chi connectivity index (χ1v) is 8.97. The molecule has 0 aromatic heterocycles. The lowest BCUT2D eigenvalue weighted by atomic mass is 10.2. The molecule has 10 nitrogen and oxygen atoms in total. The highest BCUT2D eigenvalue weighted by molar-refractivity contribution is 6.32. The van der Waals surface area contributed by atoms with Crippen LogP contribution in [0.5, 0.6) is 17.2 Å². The van der Waals surface area contributed by atoms with Crippen molar-refractivity contribution >= 4 is 35.0 Å². The average Bonchev–Trinajstić information content (AvgIpc) is 2.74. The van der Waals surface area contributed by atoms with Crippen LogP contribution in [0.3, 0.4) is 0 Å². The molecular weight excluding hydrogens is 416 g/mol. The minimum Gasteiger partial charge on any atom is -0.497 e. The molecule has 0 fully saturated rings. The summed E-state index contributed by atoms with van der Waals surface area (Å²) in [5.41, 5.74) is 10.4. The largest absolute Gasteiger partial charge is 0.497 e. The van der Waals surface area contributed by atoms with Gasteiger partial charge in [0.1, 0.15) is 5.75 Å². The Labute approximate surface area is 177 Å². The fraction of sp³-hybridized carbons (Fsp3) is 0.211. The highest BCUT2D eigenvalue weighted by Crippen LogP contribution is 2.36. The number of primary amides is 1. The summed E-state index contributed by atoms with van der Waals surface area (Å²) >= 11 is 6.10. The second-order valence-corrected chi connectivity index (χ2v) is 6.24. The fourth-order valence-corrected chi connectivity index (χ4v) is 2.53. The second-order valence-electron chi connectivity index (χ2n) is 5.83. The summed E-state index contributed by atoms with van der Waals surface area (Å²) in [7, 11) is 2.90. The van der Waals surface area contributed by atoms with Gasteiger partial charge in [-0.05, 0) is 36.4 Å². The Morgan fingerprint density at radius 3 is 2.33 bits per heavy atom. The van der Waals surface area contributed by atoms with Crippen LogP contribution in [0.1, 0.15) is 10.4 Å². The van der Waals surface area contributed by atoms with E-state index in [1.54, 1.807) is 31.4 Å². The van der Waals surface area contributed by atoms with Gasteiger partial charge in [-0.15, -0.1) is 0 Å². The lowest BCUT2D eigenvalue weighted by Crippen LogP contribution is -2.44. The molecular formula is C19H21ClN4O6. The number of anilines is 1. The van der Waals surface area contributed by atoms with Gasteiger partial charge in [-0.3, -0.25) is 25.2 Å². The monoisotopic (exact) mass is 436 g/mol. The topological polar surface area (TPSA) is 141 Å². The van der Waals surface area contributed by atoms with Gasteiger partial charge < -0.3 is 25.3 Å². The molecule has 0 radical (unpaired) electrons. The van der Waals surface area contributed by atoms with Crippen molar-refractivity contribution in [2.45, 2.75) is 0 Å². The summed E-state index contributed by atoms with van der Waals surface area (Å²) in [6.45, 7) is -0.477. The van der Waals surface area contributed by atoms with E-state index in [0.717, 1.165) is 0 Å². The van der Waals surface area contributed by atoms with E-state index in [2.05, 4.69) is 16.2 Å². The third-order valence-corrected chi connectivity index (χ3v) is 3.99. The number of rotatable bonds is 9. The van der Waals surface area contributed by atoms with Crippen molar-refractivity contribution < 1.29 is 28.6 Å². The fourth-order valence-electron chi connectivity index (χ4n) is 2.27. The number of benzene rings is 2. The van der Waals surface area contributed by atoms with Crippen molar-refractivity contribution in [3.63, 3.8) is 0 Å². The Bertz CT molecular complexity index is 920. The summed E-state index contributed by atoms with van der Waals surface area (Å²) in [5.74, 6) is -0.907. The van der Waals surface area contributed by atoms with Gasteiger partial charge in [-0.1, -0.05) is 11.6 Å². The Morgan fingerprint density at radius 1 is 1.03 bits per heavy atom. The van der Waals surface area contributed by atoms with Crippen molar-refractivity contribution in [2.75, 3.05) is 32.7 Å². The number of carbonyl (C=O) groups excluding carboxylic acids is 3. The minimum absolute atomic E-state index is 0.0354. The normalized spacial score (nSPS) is 9.97. The van der Waals surface area contributed by atoms with Crippen LogP contribution in [0.15, 0.2) is 36.4 Å². The summed E-state index contributed by atoms with van der Waals surface area (Å²) in [6.07, 6.45) is 0. The van der Waals surface area contributed by atoms with Crippen LogP contribution in [0.4, 0.5) is 5.69 Å². The number of methoxy groups -OCH3 is 2. The molecule has 5 N–H and O–H groups in total. The number of carbonyl (C=O) groups is 3.